The van der Waals surface area contributed by atoms with Gasteiger partial charge in [0.2, 0.25) is 5.88 Å². The summed E-state index contributed by atoms with van der Waals surface area (Å²) in [6.07, 6.45) is -1.11. The van der Waals surface area contributed by atoms with Crippen LogP contribution in [-0.4, -0.2) is 41.6 Å². The number of hydrogen-bond acceptors (Lipinski definition) is 6. The maximum Gasteiger partial charge on any atom is 0.233 e. The van der Waals surface area contributed by atoms with Crippen molar-refractivity contribution in [2.45, 2.75) is 6.10 Å². The van der Waals surface area contributed by atoms with Crippen LogP contribution in [0.25, 0.3) is 22.0 Å². The van der Waals surface area contributed by atoms with Gasteiger partial charge in [-0.2, -0.15) is 5.26 Å². The van der Waals surface area contributed by atoms with Crippen molar-refractivity contribution in [3.63, 3.8) is 0 Å². The van der Waals surface area contributed by atoms with Crippen LogP contribution in [0, 0.1) is 17.1 Å². The van der Waals surface area contributed by atoms with Gasteiger partial charge in [0.25, 0.3) is 0 Å². The zero-order valence-electron chi connectivity index (χ0n) is 14.5. The molecule has 3 aromatic rings. The standard InChI is InChI=1S/C20H17FN2O4/c1-26-15-5-6-18-16(8-15)19(12-3-2-4-13(21)7-12)17(9-22)20(23-18)27-11-14(25)10-24/h2-8,14,24-25H,10-11H2,1H3. The van der Waals surface area contributed by atoms with E-state index in [4.69, 9.17) is 14.6 Å². The number of benzene rings is 2. The summed E-state index contributed by atoms with van der Waals surface area (Å²) in [5.41, 5.74) is 1.56. The summed E-state index contributed by atoms with van der Waals surface area (Å²) in [4.78, 5) is 4.35. The molecule has 0 aliphatic carbocycles. The molecule has 1 unspecified atom stereocenters. The van der Waals surface area contributed by atoms with Gasteiger partial charge in [0.05, 0.1) is 19.2 Å². The van der Waals surface area contributed by atoms with Crippen LogP contribution in [0.3, 0.4) is 0 Å². The fraction of sp³-hybridized carbons (Fsp3) is 0.200. The van der Waals surface area contributed by atoms with E-state index in [1.807, 2.05) is 0 Å². The first-order valence-electron chi connectivity index (χ1n) is 8.17. The number of nitriles is 1. The van der Waals surface area contributed by atoms with Crippen molar-refractivity contribution in [2.24, 2.45) is 0 Å². The van der Waals surface area contributed by atoms with Gasteiger partial charge in [-0.25, -0.2) is 9.37 Å². The van der Waals surface area contributed by atoms with E-state index in [1.54, 1.807) is 30.3 Å². The molecule has 1 heterocycles. The Kier molecular flexibility index (Phi) is 5.50. The number of fused-ring (bicyclic) bond motifs is 1. The Morgan fingerprint density at radius 2 is 2.07 bits per heavy atom. The second-order valence-corrected chi connectivity index (χ2v) is 5.82. The number of aliphatic hydroxyl groups is 2. The van der Waals surface area contributed by atoms with E-state index in [0.717, 1.165) is 0 Å². The second kappa shape index (κ2) is 7.99. The van der Waals surface area contributed by atoms with Crippen molar-refractivity contribution >= 4 is 10.9 Å². The first-order valence-corrected chi connectivity index (χ1v) is 8.17. The highest BCUT2D eigenvalue weighted by Gasteiger charge is 2.19. The molecule has 0 amide bonds. The molecule has 138 valence electrons. The lowest BCUT2D eigenvalue weighted by molar-refractivity contribution is 0.0521. The number of pyridine rings is 1. The molecule has 6 nitrogen and oxygen atoms in total. The summed E-state index contributed by atoms with van der Waals surface area (Å²) in [7, 11) is 1.52. The van der Waals surface area contributed by atoms with E-state index < -0.39 is 18.5 Å². The molecule has 3 rings (SSSR count). The molecular weight excluding hydrogens is 351 g/mol. The molecule has 0 aliphatic rings. The van der Waals surface area contributed by atoms with E-state index in [-0.39, 0.29) is 18.1 Å². The van der Waals surface area contributed by atoms with Crippen molar-refractivity contribution in [1.82, 2.24) is 4.98 Å². The van der Waals surface area contributed by atoms with E-state index >= 15 is 0 Å². The summed E-state index contributed by atoms with van der Waals surface area (Å²) in [6, 6.07) is 13.1. The highest BCUT2D eigenvalue weighted by molar-refractivity contribution is 5.99. The second-order valence-electron chi connectivity index (χ2n) is 5.82. The third-order valence-corrected chi connectivity index (χ3v) is 4.01. The van der Waals surface area contributed by atoms with Crippen LogP contribution in [-0.2, 0) is 0 Å². The van der Waals surface area contributed by atoms with Gasteiger partial charge < -0.3 is 19.7 Å². The molecule has 0 fully saturated rings. The van der Waals surface area contributed by atoms with Gasteiger partial charge in [0.15, 0.2) is 0 Å². The molecule has 0 saturated carbocycles. The van der Waals surface area contributed by atoms with Gasteiger partial charge >= 0.3 is 0 Å². The Bertz CT molecular complexity index is 1020. The average Bonchev–Trinajstić information content (AvgIpc) is 2.70. The van der Waals surface area contributed by atoms with Crippen LogP contribution < -0.4 is 9.47 Å². The minimum Gasteiger partial charge on any atom is -0.497 e. The molecule has 0 spiro atoms. The maximum atomic E-state index is 13.8. The highest BCUT2D eigenvalue weighted by Crippen LogP contribution is 2.37. The zero-order valence-corrected chi connectivity index (χ0v) is 14.5. The van der Waals surface area contributed by atoms with Crippen molar-refractivity contribution in [2.75, 3.05) is 20.3 Å². The van der Waals surface area contributed by atoms with Crippen LogP contribution in [0.4, 0.5) is 4.39 Å². The van der Waals surface area contributed by atoms with Crippen LogP contribution in [0.5, 0.6) is 11.6 Å². The predicted molar refractivity (Wildman–Crippen MR) is 97.0 cm³/mol. The number of hydrogen-bond donors (Lipinski definition) is 2. The molecule has 27 heavy (non-hydrogen) atoms. The zero-order chi connectivity index (χ0) is 19.4. The summed E-state index contributed by atoms with van der Waals surface area (Å²) >= 11 is 0. The van der Waals surface area contributed by atoms with Crippen molar-refractivity contribution in [1.29, 1.82) is 5.26 Å². The molecule has 1 atom stereocenters. The van der Waals surface area contributed by atoms with E-state index in [9.17, 15) is 14.8 Å². The summed E-state index contributed by atoms with van der Waals surface area (Å²) in [6.45, 7) is -0.716. The van der Waals surface area contributed by atoms with Gasteiger partial charge in [-0.05, 0) is 35.9 Å². The number of aliphatic hydroxyl groups excluding tert-OH is 2. The predicted octanol–water partition coefficient (Wildman–Crippen LogP) is 2.65. The number of nitrogens with zero attached hydrogens (tertiary/aromatic N) is 2. The van der Waals surface area contributed by atoms with Crippen LogP contribution >= 0.6 is 0 Å². The third kappa shape index (κ3) is 3.82. The largest absolute Gasteiger partial charge is 0.497 e. The van der Waals surface area contributed by atoms with Crippen LogP contribution in [0.1, 0.15) is 5.56 Å². The van der Waals surface area contributed by atoms with Gasteiger partial charge in [0.1, 0.15) is 35.9 Å². The molecule has 0 bridgehead atoms. The van der Waals surface area contributed by atoms with Gasteiger partial charge in [-0.15, -0.1) is 0 Å². The van der Waals surface area contributed by atoms with Crippen molar-refractivity contribution in [3.05, 3.63) is 53.8 Å². The molecular formula is C20H17FN2O4. The Hall–Kier alpha value is -3.21. The number of halogens is 1. The lowest BCUT2D eigenvalue weighted by Crippen LogP contribution is -2.22. The monoisotopic (exact) mass is 368 g/mol. The van der Waals surface area contributed by atoms with E-state index in [0.29, 0.717) is 27.8 Å². The SMILES string of the molecule is COc1ccc2nc(OCC(O)CO)c(C#N)c(-c3cccc(F)c3)c2c1. The van der Waals surface area contributed by atoms with Gasteiger partial charge in [-0.1, -0.05) is 12.1 Å². The van der Waals surface area contributed by atoms with E-state index in [1.165, 1.54) is 19.2 Å². The van der Waals surface area contributed by atoms with Crippen LogP contribution in [0.2, 0.25) is 0 Å². The summed E-state index contributed by atoms with van der Waals surface area (Å²) in [5, 5.41) is 28.8. The Labute approximate surface area is 155 Å². The fourth-order valence-corrected chi connectivity index (χ4v) is 2.73. The minimum atomic E-state index is -1.11. The Morgan fingerprint density at radius 3 is 2.74 bits per heavy atom. The molecule has 0 saturated heterocycles. The Morgan fingerprint density at radius 1 is 1.26 bits per heavy atom. The third-order valence-electron chi connectivity index (χ3n) is 4.01. The van der Waals surface area contributed by atoms with Crippen LogP contribution in [0.15, 0.2) is 42.5 Å². The highest BCUT2D eigenvalue weighted by atomic mass is 19.1. The molecule has 7 heteroatoms. The normalized spacial score (nSPS) is 11.8. The Balaban J connectivity index is 2.28. The number of methoxy groups -OCH3 is 1. The first-order chi connectivity index (χ1) is 13.1. The lowest BCUT2D eigenvalue weighted by Gasteiger charge is -2.16. The molecule has 0 aliphatic heterocycles. The number of rotatable bonds is 6. The first kappa shape index (κ1) is 18.6. The summed E-state index contributed by atoms with van der Waals surface area (Å²) in [5.74, 6) is 0.125. The van der Waals surface area contributed by atoms with E-state index in [2.05, 4.69) is 11.1 Å². The molecule has 1 aromatic heterocycles. The summed E-state index contributed by atoms with van der Waals surface area (Å²) < 4.78 is 24.5. The minimum absolute atomic E-state index is 0.00179. The fourth-order valence-electron chi connectivity index (χ4n) is 2.73. The number of ether oxygens (including phenoxy) is 2. The lowest BCUT2D eigenvalue weighted by atomic mass is 9.96. The molecule has 0 radical (unpaired) electrons. The average molecular weight is 368 g/mol. The maximum absolute atomic E-state index is 13.8. The quantitative estimate of drug-likeness (QED) is 0.694. The molecule has 2 N–H and O–H groups in total. The van der Waals surface area contributed by atoms with Crippen molar-refractivity contribution < 1.29 is 24.1 Å². The number of aromatic nitrogens is 1. The smallest absolute Gasteiger partial charge is 0.233 e. The topological polar surface area (TPSA) is 95.6 Å². The van der Waals surface area contributed by atoms with Gasteiger partial charge in [0, 0.05) is 10.9 Å². The van der Waals surface area contributed by atoms with Crippen molar-refractivity contribution in [3.8, 4) is 28.8 Å². The molecule has 2 aromatic carbocycles. The van der Waals surface area contributed by atoms with Gasteiger partial charge in [-0.3, -0.25) is 0 Å².